The molecule has 0 saturated heterocycles. The summed E-state index contributed by atoms with van der Waals surface area (Å²) in [7, 11) is 0. The molecule has 0 aliphatic heterocycles. The fourth-order valence-electron chi connectivity index (χ4n) is 4.68. The Balaban J connectivity index is 1.66. The van der Waals surface area contributed by atoms with Gasteiger partial charge < -0.3 is 0 Å². The summed E-state index contributed by atoms with van der Waals surface area (Å²) in [6.07, 6.45) is 11.9. The second-order valence-electron chi connectivity index (χ2n) is 10.4. The maximum Gasteiger partial charge on any atom is 0.0991 e. The lowest BCUT2D eigenvalue weighted by Crippen LogP contribution is -1.86. The number of rotatable bonds is 11. The Morgan fingerprint density at radius 2 is 0.881 bits per heavy atom. The molecule has 4 aromatic rings. The molecule has 0 fully saturated rings. The van der Waals surface area contributed by atoms with Gasteiger partial charge in [0, 0.05) is 20.9 Å². The van der Waals surface area contributed by atoms with E-state index in [2.05, 4.69) is 61.8 Å². The molecule has 0 radical (unpaired) electrons. The van der Waals surface area contributed by atoms with Gasteiger partial charge in [0.15, 0.2) is 0 Å². The van der Waals surface area contributed by atoms with Crippen LogP contribution in [0.15, 0.2) is 60.7 Å². The summed E-state index contributed by atoms with van der Waals surface area (Å²) in [4.78, 5) is 4.79. The van der Waals surface area contributed by atoms with Crippen molar-refractivity contribution in [2.45, 2.75) is 78.1 Å². The first-order chi connectivity index (χ1) is 20.6. The van der Waals surface area contributed by atoms with Crippen molar-refractivity contribution in [1.29, 1.82) is 10.5 Å². The molecule has 0 aliphatic rings. The summed E-state index contributed by atoms with van der Waals surface area (Å²) in [5.41, 5.74) is 5.80. The summed E-state index contributed by atoms with van der Waals surface area (Å²) >= 11 is 3.56. The Morgan fingerprint density at radius 1 is 0.500 bits per heavy atom. The highest BCUT2D eigenvalue weighted by Gasteiger charge is 2.14. The number of thiophene rings is 2. The monoisotopic (exact) mass is 584 g/mol. The standard InChI is InChI=1S/C38H36N2S2/c1-3-5-7-9-11-33-25-37(41-35(33)23-21-29-13-17-31(27-39)18-14-29)38-26-34(12-10-8-6-4-2)36(42-38)24-22-30-15-19-32(28-40)20-16-30/h13-20,25-26H,3-12H2,1-2H3. The second-order valence-corrected chi connectivity index (χ2v) is 12.5. The Morgan fingerprint density at radius 3 is 1.24 bits per heavy atom. The normalized spacial score (nSPS) is 10.2. The summed E-state index contributed by atoms with van der Waals surface area (Å²) in [6, 6.07) is 24.0. The van der Waals surface area contributed by atoms with Gasteiger partial charge in [-0.1, -0.05) is 76.1 Å². The van der Waals surface area contributed by atoms with Crippen LogP contribution in [0.1, 0.15) is 108 Å². The van der Waals surface area contributed by atoms with E-state index in [1.54, 1.807) is 22.7 Å². The van der Waals surface area contributed by atoms with Crippen molar-refractivity contribution in [1.82, 2.24) is 0 Å². The van der Waals surface area contributed by atoms with Crippen molar-refractivity contribution < 1.29 is 0 Å². The van der Waals surface area contributed by atoms with Crippen molar-refractivity contribution in [2.24, 2.45) is 0 Å². The molecule has 0 N–H and O–H groups in total. The van der Waals surface area contributed by atoms with Crippen molar-refractivity contribution >= 4 is 22.7 Å². The molecule has 4 rings (SSSR count). The van der Waals surface area contributed by atoms with Gasteiger partial charge in [0.05, 0.1) is 33.0 Å². The van der Waals surface area contributed by atoms with Crippen LogP contribution in [0, 0.1) is 46.3 Å². The minimum absolute atomic E-state index is 0.650. The third-order valence-corrected chi connectivity index (χ3v) is 9.51. The van der Waals surface area contributed by atoms with Gasteiger partial charge in [-0.25, -0.2) is 0 Å². The molecule has 4 heteroatoms. The molecule has 0 saturated carbocycles. The largest absolute Gasteiger partial charge is 0.192 e. The highest BCUT2D eigenvalue weighted by atomic mass is 32.1. The molecule has 0 bridgehead atoms. The van der Waals surface area contributed by atoms with E-state index >= 15 is 0 Å². The number of aryl methyl sites for hydroxylation is 2. The Hall–Kier alpha value is -4.06. The van der Waals surface area contributed by atoms with Gasteiger partial charge in [-0.15, -0.1) is 22.7 Å². The van der Waals surface area contributed by atoms with Crippen molar-refractivity contribution in [3.05, 3.63) is 104 Å². The SMILES string of the molecule is CCCCCCc1cc(-c2cc(CCCCCC)c(C#Cc3ccc(C#N)cc3)s2)sc1C#Cc1ccc(C#N)cc1. The van der Waals surface area contributed by atoms with E-state index in [0.717, 1.165) is 33.7 Å². The predicted molar refractivity (Wildman–Crippen MR) is 178 cm³/mol. The molecular formula is C38H36N2S2. The van der Waals surface area contributed by atoms with Crippen molar-refractivity contribution in [2.75, 3.05) is 0 Å². The van der Waals surface area contributed by atoms with Gasteiger partial charge in [0.1, 0.15) is 0 Å². The number of hydrogen-bond donors (Lipinski definition) is 0. The molecule has 2 aromatic heterocycles. The van der Waals surface area contributed by atoms with Crippen molar-refractivity contribution in [3.63, 3.8) is 0 Å². The van der Waals surface area contributed by atoms with Crippen LogP contribution in [0.5, 0.6) is 0 Å². The van der Waals surface area contributed by atoms with Gasteiger partial charge >= 0.3 is 0 Å². The average Bonchev–Trinajstić information content (AvgIpc) is 3.63. The highest BCUT2D eigenvalue weighted by molar-refractivity contribution is 7.22. The number of nitrogens with zero attached hydrogens (tertiary/aromatic N) is 2. The average molecular weight is 585 g/mol. The van der Waals surface area contributed by atoms with E-state index in [0.29, 0.717) is 11.1 Å². The predicted octanol–water partition coefficient (Wildman–Crippen LogP) is 10.3. The lowest BCUT2D eigenvalue weighted by atomic mass is 10.0. The molecule has 210 valence electrons. The molecule has 2 nitrogen and oxygen atoms in total. The van der Waals surface area contributed by atoms with E-state index in [1.807, 2.05) is 48.5 Å². The van der Waals surface area contributed by atoms with Crippen LogP contribution in [-0.4, -0.2) is 0 Å². The van der Waals surface area contributed by atoms with E-state index in [1.165, 1.54) is 72.2 Å². The van der Waals surface area contributed by atoms with Crippen LogP contribution >= 0.6 is 22.7 Å². The number of nitriles is 2. The maximum atomic E-state index is 9.11. The molecule has 0 unspecified atom stereocenters. The molecule has 0 spiro atoms. The van der Waals surface area contributed by atoms with Crippen LogP contribution in [0.3, 0.4) is 0 Å². The first-order valence-electron chi connectivity index (χ1n) is 14.9. The van der Waals surface area contributed by atoms with Crippen LogP contribution in [-0.2, 0) is 12.8 Å². The lowest BCUT2D eigenvalue weighted by Gasteiger charge is -1.99. The zero-order valence-corrected chi connectivity index (χ0v) is 26.2. The number of hydrogen-bond acceptors (Lipinski definition) is 4. The minimum atomic E-state index is 0.650. The maximum absolute atomic E-state index is 9.11. The van der Waals surface area contributed by atoms with Crippen LogP contribution in [0.25, 0.3) is 9.75 Å². The zero-order valence-electron chi connectivity index (χ0n) is 24.6. The molecule has 0 aliphatic carbocycles. The number of unbranched alkanes of at least 4 members (excludes halogenated alkanes) is 6. The van der Waals surface area contributed by atoms with Gasteiger partial charge in [0.2, 0.25) is 0 Å². The van der Waals surface area contributed by atoms with Gasteiger partial charge in [-0.05, 0) is 97.5 Å². The van der Waals surface area contributed by atoms with Gasteiger partial charge in [0.25, 0.3) is 0 Å². The van der Waals surface area contributed by atoms with Gasteiger partial charge in [-0.3, -0.25) is 0 Å². The fourth-order valence-corrected chi connectivity index (χ4v) is 6.88. The Bertz CT molecular complexity index is 1540. The third kappa shape index (κ3) is 8.97. The highest BCUT2D eigenvalue weighted by Crippen LogP contribution is 2.38. The smallest absolute Gasteiger partial charge is 0.0991 e. The number of benzene rings is 2. The summed E-state index contributed by atoms with van der Waals surface area (Å²) in [6.45, 7) is 4.49. The summed E-state index contributed by atoms with van der Waals surface area (Å²) in [5, 5.41) is 18.2. The van der Waals surface area contributed by atoms with E-state index in [4.69, 9.17) is 10.5 Å². The molecular weight excluding hydrogens is 549 g/mol. The van der Waals surface area contributed by atoms with Crippen LogP contribution < -0.4 is 0 Å². The third-order valence-electron chi connectivity index (χ3n) is 7.13. The van der Waals surface area contributed by atoms with Gasteiger partial charge in [-0.2, -0.15) is 10.5 Å². The molecule has 2 heterocycles. The zero-order chi connectivity index (χ0) is 29.6. The minimum Gasteiger partial charge on any atom is -0.192 e. The van der Waals surface area contributed by atoms with E-state index < -0.39 is 0 Å². The molecule has 0 atom stereocenters. The topological polar surface area (TPSA) is 47.6 Å². The molecule has 42 heavy (non-hydrogen) atoms. The lowest BCUT2D eigenvalue weighted by molar-refractivity contribution is 0.667. The Kier molecular flexibility index (Phi) is 12.1. The molecule has 2 aromatic carbocycles. The van der Waals surface area contributed by atoms with E-state index in [9.17, 15) is 0 Å². The first-order valence-corrected chi connectivity index (χ1v) is 16.6. The van der Waals surface area contributed by atoms with Crippen LogP contribution in [0.2, 0.25) is 0 Å². The van der Waals surface area contributed by atoms with Crippen LogP contribution in [0.4, 0.5) is 0 Å². The van der Waals surface area contributed by atoms with E-state index in [-0.39, 0.29) is 0 Å². The summed E-state index contributed by atoms with van der Waals surface area (Å²) < 4.78 is 0. The first kappa shape index (κ1) is 30.9. The fraction of sp³-hybridized carbons (Fsp3) is 0.316. The molecule has 0 amide bonds. The second kappa shape index (κ2) is 16.4. The van der Waals surface area contributed by atoms with Crippen molar-refractivity contribution in [3.8, 4) is 45.6 Å². The Labute approximate surface area is 259 Å². The quantitative estimate of drug-likeness (QED) is 0.130. The summed E-state index contributed by atoms with van der Waals surface area (Å²) in [5.74, 6) is 13.6.